The van der Waals surface area contributed by atoms with Crippen LogP contribution >= 0.6 is 35.0 Å². The van der Waals surface area contributed by atoms with Crippen molar-refractivity contribution in [3.8, 4) is 5.69 Å². The van der Waals surface area contributed by atoms with E-state index in [9.17, 15) is 4.79 Å². The van der Waals surface area contributed by atoms with Crippen molar-refractivity contribution in [1.82, 2.24) is 19.7 Å². The van der Waals surface area contributed by atoms with Crippen LogP contribution in [0.25, 0.3) is 5.69 Å². The highest BCUT2D eigenvalue weighted by Gasteiger charge is 2.23. The van der Waals surface area contributed by atoms with Crippen LogP contribution in [0.5, 0.6) is 0 Å². The summed E-state index contributed by atoms with van der Waals surface area (Å²) >= 11 is 13.6. The summed E-state index contributed by atoms with van der Waals surface area (Å²) < 4.78 is 2.04. The van der Waals surface area contributed by atoms with Crippen molar-refractivity contribution in [3.05, 3.63) is 64.4 Å². The second-order valence-corrected chi connectivity index (χ2v) is 9.58. The third-order valence-electron chi connectivity index (χ3n) is 5.12. The molecule has 1 aliphatic heterocycles. The number of halogens is 2. The highest BCUT2D eigenvalue weighted by Crippen LogP contribution is 2.29. The molecule has 4 rings (SSSR count). The molecule has 31 heavy (non-hydrogen) atoms. The van der Waals surface area contributed by atoms with E-state index in [0.717, 1.165) is 31.1 Å². The van der Waals surface area contributed by atoms with Gasteiger partial charge in [0.05, 0.1) is 22.5 Å². The molecule has 0 saturated carbocycles. The van der Waals surface area contributed by atoms with Crippen LogP contribution in [0, 0.1) is 0 Å². The largest absolute Gasteiger partial charge is 0.324 e. The molecule has 1 aliphatic rings. The monoisotopic (exact) mass is 475 g/mol. The first-order chi connectivity index (χ1) is 15.0. The van der Waals surface area contributed by atoms with Crippen LogP contribution in [0.2, 0.25) is 10.0 Å². The lowest BCUT2D eigenvalue weighted by Gasteiger charge is -2.17. The molecule has 1 aromatic heterocycles. The van der Waals surface area contributed by atoms with E-state index in [-0.39, 0.29) is 5.91 Å². The summed E-state index contributed by atoms with van der Waals surface area (Å²) in [6.07, 6.45) is 2.43. The predicted octanol–water partition coefficient (Wildman–Crippen LogP) is 5.29. The van der Waals surface area contributed by atoms with E-state index in [0.29, 0.717) is 20.9 Å². The Morgan fingerprint density at radius 1 is 1.13 bits per heavy atom. The Balaban J connectivity index is 1.55. The summed E-state index contributed by atoms with van der Waals surface area (Å²) in [5.41, 5.74) is 1.47. The molecule has 0 bridgehead atoms. The third kappa shape index (κ3) is 5.41. The molecule has 2 aromatic carbocycles. The van der Waals surface area contributed by atoms with Gasteiger partial charge in [-0.25, -0.2) is 0 Å². The number of anilines is 1. The van der Waals surface area contributed by atoms with Gasteiger partial charge in [0.15, 0.2) is 11.0 Å². The van der Waals surface area contributed by atoms with Crippen LogP contribution in [-0.4, -0.2) is 43.9 Å². The van der Waals surface area contributed by atoms with Crippen LogP contribution in [-0.2, 0) is 11.3 Å². The zero-order chi connectivity index (χ0) is 21.8. The van der Waals surface area contributed by atoms with Gasteiger partial charge in [-0.3, -0.25) is 14.3 Å². The van der Waals surface area contributed by atoms with Gasteiger partial charge in [0, 0.05) is 10.7 Å². The molecule has 3 aromatic rings. The van der Waals surface area contributed by atoms with E-state index in [4.69, 9.17) is 23.2 Å². The number of benzene rings is 2. The van der Waals surface area contributed by atoms with Crippen molar-refractivity contribution in [2.24, 2.45) is 0 Å². The second kappa shape index (κ2) is 10.0. The molecule has 2 heterocycles. The highest BCUT2D eigenvalue weighted by molar-refractivity contribution is 8.00. The maximum absolute atomic E-state index is 12.8. The topological polar surface area (TPSA) is 63.1 Å². The highest BCUT2D eigenvalue weighted by atomic mass is 35.5. The maximum Gasteiger partial charge on any atom is 0.237 e. The number of hydrogen-bond donors (Lipinski definition) is 1. The van der Waals surface area contributed by atoms with Gasteiger partial charge in [-0.1, -0.05) is 53.2 Å². The molecule has 0 spiro atoms. The summed E-state index contributed by atoms with van der Waals surface area (Å²) in [5.74, 6) is 0.693. The molecule has 162 valence electrons. The SMILES string of the molecule is CC(Sc1nnc(CN2CCCC2)n1-c1ccccc1)C(=O)Nc1cc(Cl)ccc1Cl. The van der Waals surface area contributed by atoms with Crippen molar-refractivity contribution < 1.29 is 4.79 Å². The van der Waals surface area contributed by atoms with Crippen LogP contribution in [0.4, 0.5) is 5.69 Å². The minimum Gasteiger partial charge on any atom is -0.324 e. The molecule has 0 radical (unpaired) electrons. The molecule has 1 fully saturated rings. The number of para-hydroxylation sites is 1. The smallest absolute Gasteiger partial charge is 0.237 e. The Hall–Kier alpha value is -2.06. The van der Waals surface area contributed by atoms with E-state index in [2.05, 4.69) is 20.4 Å². The molecule has 9 heteroatoms. The van der Waals surface area contributed by atoms with Gasteiger partial charge in [-0.05, 0) is 63.2 Å². The lowest BCUT2D eigenvalue weighted by Crippen LogP contribution is -2.23. The van der Waals surface area contributed by atoms with Gasteiger partial charge in [-0.15, -0.1) is 10.2 Å². The predicted molar refractivity (Wildman–Crippen MR) is 126 cm³/mol. The Kier molecular flexibility index (Phi) is 7.17. The summed E-state index contributed by atoms with van der Waals surface area (Å²) in [7, 11) is 0. The van der Waals surface area contributed by atoms with E-state index in [1.165, 1.54) is 24.6 Å². The lowest BCUT2D eigenvalue weighted by molar-refractivity contribution is -0.115. The first-order valence-corrected chi connectivity index (χ1v) is 11.8. The zero-order valence-corrected chi connectivity index (χ0v) is 19.4. The van der Waals surface area contributed by atoms with Crippen molar-refractivity contribution in [1.29, 1.82) is 0 Å². The number of hydrogen-bond acceptors (Lipinski definition) is 5. The number of carbonyl (C=O) groups excluding carboxylic acids is 1. The number of rotatable bonds is 7. The molecular formula is C22H23Cl2N5OS. The van der Waals surface area contributed by atoms with Gasteiger partial charge in [0.2, 0.25) is 5.91 Å². The second-order valence-electron chi connectivity index (χ2n) is 7.43. The summed E-state index contributed by atoms with van der Waals surface area (Å²) in [4.78, 5) is 15.2. The van der Waals surface area contributed by atoms with Crippen LogP contribution in [0.1, 0.15) is 25.6 Å². The van der Waals surface area contributed by atoms with E-state index in [1.54, 1.807) is 18.2 Å². The Bertz CT molecular complexity index is 1050. The summed E-state index contributed by atoms with van der Waals surface area (Å²) in [5, 5.41) is 12.9. The quantitative estimate of drug-likeness (QED) is 0.470. The first-order valence-electron chi connectivity index (χ1n) is 10.2. The van der Waals surface area contributed by atoms with Crippen molar-refractivity contribution in [2.45, 2.75) is 36.7 Å². The fourth-order valence-electron chi connectivity index (χ4n) is 3.50. The van der Waals surface area contributed by atoms with Gasteiger partial charge in [0.1, 0.15) is 0 Å². The number of amides is 1. The number of carbonyl (C=O) groups is 1. The zero-order valence-electron chi connectivity index (χ0n) is 17.1. The Labute approximate surface area is 195 Å². The van der Waals surface area contributed by atoms with E-state index < -0.39 is 5.25 Å². The Morgan fingerprint density at radius 2 is 1.87 bits per heavy atom. The third-order valence-corrected chi connectivity index (χ3v) is 6.72. The van der Waals surface area contributed by atoms with Crippen LogP contribution in [0.3, 0.4) is 0 Å². The van der Waals surface area contributed by atoms with Gasteiger partial charge in [0.25, 0.3) is 0 Å². The average Bonchev–Trinajstić information content (AvgIpc) is 3.41. The van der Waals surface area contributed by atoms with Crippen molar-refractivity contribution in [2.75, 3.05) is 18.4 Å². The van der Waals surface area contributed by atoms with Crippen molar-refractivity contribution in [3.63, 3.8) is 0 Å². The van der Waals surface area contributed by atoms with Gasteiger partial charge < -0.3 is 5.32 Å². The number of thioether (sulfide) groups is 1. The molecule has 1 unspecified atom stereocenters. The fraction of sp³-hybridized carbons (Fsp3) is 0.318. The molecule has 1 N–H and O–H groups in total. The summed E-state index contributed by atoms with van der Waals surface area (Å²) in [6, 6.07) is 15.0. The number of nitrogens with one attached hydrogen (secondary N) is 1. The minimum absolute atomic E-state index is 0.183. The average molecular weight is 476 g/mol. The normalized spacial score (nSPS) is 15.2. The fourth-order valence-corrected chi connectivity index (χ4v) is 4.72. The Morgan fingerprint density at radius 3 is 2.61 bits per heavy atom. The molecule has 1 atom stereocenters. The number of likely N-dealkylation sites (tertiary alicyclic amines) is 1. The molecule has 1 amide bonds. The first kappa shape index (κ1) is 22.1. The molecule has 0 aliphatic carbocycles. The summed E-state index contributed by atoms with van der Waals surface area (Å²) in [6.45, 7) is 4.72. The maximum atomic E-state index is 12.8. The van der Waals surface area contributed by atoms with Crippen LogP contribution in [0.15, 0.2) is 53.7 Å². The molecule has 1 saturated heterocycles. The number of nitrogens with zero attached hydrogens (tertiary/aromatic N) is 4. The van der Waals surface area contributed by atoms with E-state index >= 15 is 0 Å². The lowest BCUT2D eigenvalue weighted by atomic mass is 10.3. The van der Waals surface area contributed by atoms with Crippen molar-refractivity contribution >= 4 is 46.6 Å². The number of aromatic nitrogens is 3. The standard InChI is InChI=1S/C22H23Cl2N5OS/c1-15(21(30)25-19-13-16(23)9-10-18(19)24)31-22-27-26-20(14-28-11-5-6-12-28)29(22)17-7-3-2-4-8-17/h2-4,7-10,13,15H,5-6,11-12,14H2,1H3,(H,25,30). The molecule has 6 nitrogen and oxygen atoms in total. The van der Waals surface area contributed by atoms with E-state index in [1.807, 2.05) is 41.8 Å². The molecular weight excluding hydrogens is 453 g/mol. The van der Waals surface area contributed by atoms with Crippen LogP contribution < -0.4 is 5.32 Å². The van der Waals surface area contributed by atoms with Gasteiger partial charge >= 0.3 is 0 Å². The van der Waals surface area contributed by atoms with Gasteiger partial charge in [-0.2, -0.15) is 0 Å². The minimum atomic E-state index is -0.415.